The molecular weight excluding hydrogens is 479 g/mol. The minimum Gasteiger partial charge on any atom is -0.475 e. The zero-order chi connectivity index (χ0) is 17.8. The predicted octanol–water partition coefficient (Wildman–Crippen LogP) is 1.82. The van der Waals surface area contributed by atoms with Crippen LogP contribution in [0.25, 0.3) is 0 Å². The number of nitrogens with zero attached hydrogens (tertiary/aromatic N) is 3. The molecule has 10 heteroatoms. The molecule has 1 aliphatic heterocycles. The Balaban J connectivity index is 0.00000312. The molecule has 0 aromatic carbocycles. The average molecular weight is 503 g/mol. The number of rotatable bonds is 4. The second-order valence-corrected chi connectivity index (χ2v) is 9.26. The molecule has 0 amide bonds. The van der Waals surface area contributed by atoms with Crippen LogP contribution in [0.5, 0.6) is 5.88 Å². The van der Waals surface area contributed by atoms with Gasteiger partial charge < -0.3 is 15.0 Å². The Morgan fingerprint density at radius 2 is 2.24 bits per heavy atom. The second-order valence-electron chi connectivity index (χ2n) is 6.11. The molecule has 1 fully saturated rings. The van der Waals surface area contributed by atoms with Gasteiger partial charge in [0.25, 0.3) is 0 Å². The molecule has 7 nitrogen and oxygen atoms in total. The van der Waals surface area contributed by atoms with Crippen LogP contribution in [0.2, 0.25) is 5.02 Å². The van der Waals surface area contributed by atoms with Crippen LogP contribution < -0.4 is 10.1 Å². The van der Waals surface area contributed by atoms with E-state index in [1.54, 1.807) is 39.2 Å². The number of nitrogens with one attached hydrogen (secondary N) is 1. The molecule has 1 N–H and O–H groups in total. The maximum absolute atomic E-state index is 12.1. The van der Waals surface area contributed by atoms with Gasteiger partial charge in [-0.3, -0.25) is 4.99 Å². The van der Waals surface area contributed by atoms with E-state index in [0.29, 0.717) is 43.1 Å². The molecule has 2 rings (SSSR count). The van der Waals surface area contributed by atoms with Crippen LogP contribution in [0.3, 0.4) is 0 Å². The number of aromatic nitrogens is 1. The predicted molar refractivity (Wildman–Crippen MR) is 111 cm³/mol. The number of guanidine groups is 1. The van der Waals surface area contributed by atoms with Crippen molar-refractivity contribution >= 4 is 51.4 Å². The Morgan fingerprint density at radius 3 is 2.84 bits per heavy atom. The summed E-state index contributed by atoms with van der Waals surface area (Å²) in [4.78, 5) is 10.2. The highest BCUT2D eigenvalue weighted by molar-refractivity contribution is 14.0. The van der Waals surface area contributed by atoms with Gasteiger partial charge in [0.2, 0.25) is 5.88 Å². The molecule has 0 unspecified atom stereocenters. The van der Waals surface area contributed by atoms with Crippen LogP contribution in [0.1, 0.15) is 13.8 Å². The van der Waals surface area contributed by atoms with Crippen LogP contribution in [0.4, 0.5) is 0 Å². The highest BCUT2D eigenvalue weighted by Crippen LogP contribution is 2.23. The molecule has 0 radical (unpaired) electrons. The Hall–Kier alpha value is -0.810. The molecule has 0 saturated carbocycles. The van der Waals surface area contributed by atoms with E-state index in [4.69, 9.17) is 16.3 Å². The van der Waals surface area contributed by atoms with Crippen molar-refractivity contribution in [1.29, 1.82) is 0 Å². The first kappa shape index (κ1) is 22.2. The second kappa shape index (κ2) is 9.22. The van der Waals surface area contributed by atoms with Crippen molar-refractivity contribution in [3.05, 3.63) is 23.4 Å². The fourth-order valence-corrected chi connectivity index (χ4v) is 3.99. The van der Waals surface area contributed by atoms with Crippen LogP contribution in [0.15, 0.2) is 23.3 Å². The summed E-state index contributed by atoms with van der Waals surface area (Å²) >= 11 is 5.98. The van der Waals surface area contributed by atoms with E-state index >= 15 is 0 Å². The Bertz CT molecular complexity index is 712. The first-order chi connectivity index (χ1) is 11.3. The third-order valence-corrected chi connectivity index (χ3v) is 6.72. The van der Waals surface area contributed by atoms with Crippen LogP contribution >= 0.6 is 35.6 Å². The largest absolute Gasteiger partial charge is 0.475 e. The van der Waals surface area contributed by atoms with Crippen molar-refractivity contribution in [2.75, 3.05) is 39.0 Å². The summed E-state index contributed by atoms with van der Waals surface area (Å²) in [5, 5.41) is 3.64. The van der Waals surface area contributed by atoms with E-state index in [1.807, 2.05) is 4.90 Å². The van der Waals surface area contributed by atoms with Crippen LogP contribution in [-0.2, 0) is 9.84 Å². The van der Waals surface area contributed by atoms with Crippen LogP contribution in [0, 0.1) is 0 Å². The number of sulfone groups is 1. The summed E-state index contributed by atoms with van der Waals surface area (Å²) in [6.07, 6.45) is 1.61. The third kappa shape index (κ3) is 5.58. The third-order valence-electron chi connectivity index (χ3n) is 3.90. The summed E-state index contributed by atoms with van der Waals surface area (Å²) in [6.45, 7) is 5.19. The number of pyridine rings is 1. The normalized spacial score (nSPS) is 19.0. The number of hydrogen-bond acceptors (Lipinski definition) is 5. The summed E-state index contributed by atoms with van der Waals surface area (Å²) < 4.78 is 28.9. The number of halogens is 2. The molecule has 2 heterocycles. The van der Waals surface area contributed by atoms with E-state index in [0.717, 1.165) is 0 Å². The number of aliphatic imine (C=N–C) groups is 1. The van der Waals surface area contributed by atoms with Gasteiger partial charge in [-0.05, 0) is 26.0 Å². The molecule has 1 saturated heterocycles. The maximum atomic E-state index is 12.1. The molecule has 0 atom stereocenters. The summed E-state index contributed by atoms with van der Waals surface area (Å²) in [6, 6.07) is 3.45. The molecule has 142 valence electrons. The van der Waals surface area contributed by atoms with E-state index < -0.39 is 14.6 Å². The lowest BCUT2D eigenvalue weighted by Crippen LogP contribution is -2.57. The number of hydrogen-bond donors (Lipinski definition) is 1. The quantitative estimate of drug-likeness (QED) is 0.293. The molecule has 1 aliphatic rings. The molecule has 0 spiro atoms. The summed E-state index contributed by atoms with van der Waals surface area (Å²) in [7, 11) is -1.40. The van der Waals surface area contributed by atoms with Gasteiger partial charge in [-0.25, -0.2) is 13.4 Å². The fraction of sp³-hybridized carbons (Fsp3) is 0.600. The molecule has 1 aromatic heterocycles. The standard InChI is InChI=1S/C15H23ClN4O3S.HI/c1-15(2)11-20(8-10-24(15,21)22)14(17-3)19-7-9-23-13-12(16)5-4-6-18-13;/h4-6H,7-11H2,1-3H3,(H,17,19);1H. The average Bonchev–Trinajstić information content (AvgIpc) is 2.52. The van der Waals surface area contributed by atoms with E-state index in [2.05, 4.69) is 15.3 Å². The maximum Gasteiger partial charge on any atom is 0.232 e. The van der Waals surface area contributed by atoms with Crippen molar-refractivity contribution < 1.29 is 13.2 Å². The van der Waals surface area contributed by atoms with Gasteiger partial charge in [0.15, 0.2) is 15.8 Å². The zero-order valence-electron chi connectivity index (χ0n) is 14.5. The van der Waals surface area contributed by atoms with E-state index in [1.165, 1.54) is 0 Å². The molecule has 0 aliphatic carbocycles. The highest BCUT2D eigenvalue weighted by atomic mass is 127. The summed E-state index contributed by atoms with van der Waals surface area (Å²) in [5.41, 5.74) is 0. The minimum atomic E-state index is -3.07. The van der Waals surface area contributed by atoms with Gasteiger partial charge in [-0.1, -0.05) is 11.6 Å². The van der Waals surface area contributed by atoms with Crippen molar-refractivity contribution in [2.24, 2.45) is 4.99 Å². The van der Waals surface area contributed by atoms with Gasteiger partial charge in [0.1, 0.15) is 11.6 Å². The van der Waals surface area contributed by atoms with Crippen molar-refractivity contribution in [3.63, 3.8) is 0 Å². The topological polar surface area (TPSA) is 83.9 Å². The van der Waals surface area contributed by atoms with Gasteiger partial charge in [-0.15, -0.1) is 24.0 Å². The number of ether oxygens (including phenoxy) is 1. The lowest BCUT2D eigenvalue weighted by atomic mass is 10.2. The zero-order valence-corrected chi connectivity index (χ0v) is 18.4. The molecular formula is C15H24ClIN4O3S. The van der Waals surface area contributed by atoms with E-state index in [9.17, 15) is 8.42 Å². The Kier molecular flexibility index (Phi) is 8.20. The van der Waals surface area contributed by atoms with Crippen molar-refractivity contribution in [3.8, 4) is 5.88 Å². The minimum absolute atomic E-state index is 0. The van der Waals surface area contributed by atoms with Gasteiger partial charge in [-0.2, -0.15) is 0 Å². The van der Waals surface area contributed by atoms with Gasteiger partial charge in [0, 0.05) is 26.3 Å². The Morgan fingerprint density at radius 1 is 1.52 bits per heavy atom. The van der Waals surface area contributed by atoms with Crippen LogP contribution in [-0.4, -0.2) is 68.0 Å². The molecule has 1 aromatic rings. The first-order valence-corrected chi connectivity index (χ1v) is 9.71. The monoisotopic (exact) mass is 502 g/mol. The lowest BCUT2D eigenvalue weighted by molar-refractivity contribution is 0.303. The van der Waals surface area contributed by atoms with Crippen molar-refractivity contribution in [2.45, 2.75) is 18.6 Å². The molecule has 25 heavy (non-hydrogen) atoms. The lowest BCUT2D eigenvalue weighted by Gasteiger charge is -2.39. The smallest absolute Gasteiger partial charge is 0.232 e. The van der Waals surface area contributed by atoms with Gasteiger partial charge in [0.05, 0.1) is 17.0 Å². The summed E-state index contributed by atoms with van der Waals surface area (Å²) in [5.74, 6) is 1.18. The highest BCUT2D eigenvalue weighted by Gasteiger charge is 2.40. The fourth-order valence-electron chi connectivity index (χ4n) is 2.44. The van der Waals surface area contributed by atoms with Gasteiger partial charge >= 0.3 is 0 Å². The van der Waals surface area contributed by atoms with Crippen molar-refractivity contribution in [1.82, 2.24) is 15.2 Å². The van der Waals surface area contributed by atoms with E-state index in [-0.39, 0.29) is 29.7 Å². The SMILES string of the molecule is CN=C(NCCOc1ncccc1Cl)N1CCS(=O)(=O)C(C)(C)C1.I. The Labute approximate surface area is 171 Å². The first-order valence-electron chi connectivity index (χ1n) is 7.68. The molecule has 0 bridgehead atoms.